The molecule has 0 aromatic carbocycles. The second kappa shape index (κ2) is 14.6. The molecule has 15 atom stereocenters. The van der Waals surface area contributed by atoms with Gasteiger partial charge in [0.2, 0.25) is 0 Å². The van der Waals surface area contributed by atoms with Gasteiger partial charge in [-0.25, -0.2) is 0 Å². The van der Waals surface area contributed by atoms with Crippen molar-refractivity contribution >= 4 is 0 Å². The molecular weight excluding hydrogens is 560 g/mol. The summed E-state index contributed by atoms with van der Waals surface area (Å²) >= 11 is 0. The molecule has 3 fully saturated rings. The number of nitrogens with zero attached hydrogens (tertiary/aromatic N) is 12. The molecule has 226 valence electrons. The van der Waals surface area contributed by atoms with Crippen LogP contribution in [0.1, 0.15) is 6.42 Å². The van der Waals surface area contributed by atoms with E-state index in [1.165, 1.54) is 0 Å². The summed E-state index contributed by atoms with van der Waals surface area (Å²) in [6, 6.07) is -4.13. The Labute approximate surface area is 228 Å². The molecule has 1 aliphatic carbocycles. The van der Waals surface area contributed by atoms with Gasteiger partial charge in [-0.15, -0.1) is 0 Å². The number of hydrogen-bond donors (Lipinski definition) is 7. The number of hydrogen-bond acceptors (Lipinski definition) is 15. The highest BCUT2D eigenvalue weighted by Crippen LogP contribution is 2.35. The zero-order chi connectivity index (χ0) is 30.3. The lowest BCUT2D eigenvalue weighted by molar-refractivity contribution is -0.331. The van der Waals surface area contributed by atoms with E-state index in [2.05, 4.69) is 40.1 Å². The first-order valence-corrected chi connectivity index (χ1v) is 12.1. The molecule has 0 radical (unpaired) electrons. The van der Waals surface area contributed by atoms with Crippen LogP contribution < -0.4 is 0 Å². The first-order valence-electron chi connectivity index (χ1n) is 12.1. The second-order valence-electron chi connectivity index (χ2n) is 9.30. The molecule has 0 bridgehead atoms. The summed E-state index contributed by atoms with van der Waals surface area (Å²) in [7, 11) is 0. The fourth-order valence-electron chi connectivity index (χ4n) is 4.84. The predicted molar refractivity (Wildman–Crippen MR) is 128 cm³/mol. The minimum absolute atomic E-state index is 0.328. The maximum absolute atomic E-state index is 11.3. The Hall–Kier alpha value is -3.20. The first kappa shape index (κ1) is 32.3. The van der Waals surface area contributed by atoms with Gasteiger partial charge in [0, 0.05) is 19.6 Å². The van der Waals surface area contributed by atoms with E-state index in [4.69, 9.17) is 41.1 Å². The van der Waals surface area contributed by atoms with Crippen molar-refractivity contribution < 1.29 is 54.7 Å². The van der Waals surface area contributed by atoms with Crippen LogP contribution in [0.4, 0.5) is 0 Å². The standard InChI is InChI=1S/C18H28N12O11/c19-27-23-2-6-10(33)12(35)13(36)18(38-6)41-16-5(25-29-21)1-4(24-28-20)15(14(16)37)40-17-11(34)8(26-30-22)9(32)7(3-31)39-17/h4-18,31-37H,1-3H2/t4-,5?,6?,7?,8?,9-,10-,11-,12+,13?,14-,15?,16-,17-,18-/m1/s1. The number of aliphatic hydroxyl groups is 7. The van der Waals surface area contributed by atoms with Crippen LogP contribution in [0.2, 0.25) is 0 Å². The molecular formula is C18H28N12O11. The lowest BCUT2D eigenvalue weighted by Crippen LogP contribution is -2.65. The number of azide groups is 4. The molecule has 0 amide bonds. The van der Waals surface area contributed by atoms with Gasteiger partial charge in [-0.2, -0.15) is 0 Å². The molecule has 1 saturated carbocycles. The monoisotopic (exact) mass is 588 g/mol. The van der Waals surface area contributed by atoms with Crippen LogP contribution in [0.15, 0.2) is 20.5 Å². The van der Waals surface area contributed by atoms with Gasteiger partial charge in [0.1, 0.15) is 36.6 Å². The third-order valence-electron chi connectivity index (χ3n) is 6.92. The van der Waals surface area contributed by atoms with Crippen LogP contribution in [0.3, 0.4) is 0 Å². The lowest BCUT2D eigenvalue weighted by atomic mass is 9.84. The van der Waals surface area contributed by atoms with Crippen LogP contribution in [0.25, 0.3) is 41.8 Å². The summed E-state index contributed by atoms with van der Waals surface area (Å²) in [4.78, 5) is 10.5. The normalized spacial score (nSPS) is 44.3. The molecule has 0 spiro atoms. The fraction of sp³-hybridized carbons (Fsp3) is 1.00. The average Bonchev–Trinajstić information content (AvgIpc) is 2.95. The fourth-order valence-corrected chi connectivity index (χ4v) is 4.84. The van der Waals surface area contributed by atoms with E-state index in [9.17, 15) is 35.7 Å². The second-order valence-corrected chi connectivity index (χ2v) is 9.30. The highest BCUT2D eigenvalue weighted by Gasteiger charge is 2.53. The Morgan fingerprint density at radius 3 is 1.68 bits per heavy atom. The van der Waals surface area contributed by atoms with Gasteiger partial charge in [0.05, 0.1) is 55.7 Å². The third-order valence-corrected chi connectivity index (χ3v) is 6.92. The maximum atomic E-state index is 11.3. The van der Waals surface area contributed by atoms with Crippen molar-refractivity contribution in [3.8, 4) is 0 Å². The van der Waals surface area contributed by atoms with E-state index in [0.29, 0.717) is 0 Å². The molecule has 23 nitrogen and oxygen atoms in total. The van der Waals surface area contributed by atoms with Crippen molar-refractivity contribution in [2.75, 3.05) is 13.2 Å². The van der Waals surface area contributed by atoms with Crippen LogP contribution in [0, 0.1) is 0 Å². The van der Waals surface area contributed by atoms with E-state index >= 15 is 0 Å². The van der Waals surface area contributed by atoms with E-state index in [1.807, 2.05) is 0 Å². The van der Waals surface area contributed by atoms with Crippen molar-refractivity contribution in [3.63, 3.8) is 0 Å². The molecule has 3 rings (SSSR count). The van der Waals surface area contributed by atoms with Crippen molar-refractivity contribution in [2.24, 2.45) is 20.5 Å². The topological polar surface area (TPSA) is 374 Å². The minimum Gasteiger partial charge on any atom is -0.394 e. The van der Waals surface area contributed by atoms with E-state index < -0.39 is 105 Å². The summed E-state index contributed by atoms with van der Waals surface area (Å²) in [5.74, 6) is 0. The Morgan fingerprint density at radius 1 is 0.634 bits per heavy atom. The van der Waals surface area contributed by atoms with Crippen molar-refractivity contribution in [1.29, 1.82) is 0 Å². The summed E-state index contributed by atoms with van der Waals surface area (Å²) in [5.41, 5.74) is 35.6. The molecule has 2 aliphatic heterocycles. The molecule has 0 aromatic heterocycles. The molecule has 23 heteroatoms. The number of ether oxygens (including phenoxy) is 4. The Balaban J connectivity index is 1.91. The van der Waals surface area contributed by atoms with E-state index in [0.717, 1.165) is 0 Å². The summed E-state index contributed by atoms with van der Waals surface area (Å²) in [6.45, 7) is -1.26. The average molecular weight is 588 g/mol. The lowest BCUT2D eigenvalue weighted by Gasteiger charge is -2.47. The van der Waals surface area contributed by atoms with Gasteiger partial charge >= 0.3 is 0 Å². The van der Waals surface area contributed by atoms with Gasteiger partial charge in [-0.1, -0.05) is 20.5 Å². The highest BCUT2D eigenvalue weighted by molar-refractivity contribution is 5.04. The molecule has 2 heterocycles. The summed E-state index contributed by atoms with van der Waals surface area (Å²) in [6.07, 6.45) is -20.6. The molecule has 2 saturated heterocycles. The van der Waals surface area contributed by atoms with Gasteiger partial charge < -0.3 is 54.7 Å². The zero-order valence-corrected chi connectivity index (χ0v) is 20.9. The van der Waals surface area contributed by atoms with Crippen LogP contribution in [0.5, 0.6) is 0 Å². The minimum atomic E-state index is -1.90. The molecule has 3 aliphatic rings. The highest BCUT2D eigenvalue weighted by atomic mass is 16.7. The number of rotatable bonds is 10. The largest absolute Gasteiger partial charge is 0.394 e. The summed E-state index contributed by atoms with van der Waals surface area (Å²) in [5, 5.41) is 86.3. The Bertz CT molecular complexity index is 1100. The maximum Gasteiger partial charge on any atom is 0.186 e. The molecule has 6 unspecified atom stereocenters. The van der Waals surface area contributed by atoms with Gasteiger partial charge in [-0.3, -0.25) is 0 Å². The zero-order valence-electron chi connectivity index (χ0n) is 20.9. The van der Waals surface area contributed by atoms with Crippen molar-refractivity contribution in [3.05, 3.63) is 41.8 Å². The van der Waals surface area contributed by atoms with Gasteiger partial charge in [-0.05, 0) is 28.5 Å². The van der Waals surface area contributed by atoms with E-state index in [-0.39, 0.29) is 6.42 Å². The van der Waals surface area contributed by atoms with Crippen molar-refractivity contribution in [1.82, 2.24) is 0 Å². The third kappa shape index (κ3) is 7.00. The van der Waals surface area contributed by atoms with Crippen LogP contribution in [-0.2, 0) is 18.9 Å². The van der Waals surface area contributed by atoms with Crippen molar-refractivity contribution in [2.45, 2.75) is 98.2 Å². The molecule has 7 N–H and O–H groups in total. The first-order chi connectivity index (χ1) is 19.6. The summed E-state index contributed by atoms with van der Waals surface area (Å²) < 4.78 is 22.2. The Morgan fingerprint density at radius 2 is 1.17 bits per heavy atom. The molecule has 0 aromatic rings. The van der Waals surface area contributed by atoms with Gasteiger partial charge in [0.25, 0.3) is 0 Å². The number of aliphatic hydroxyl groups excluding tert-OH is 7. The SMILES string of the molecule is [N-]=[N+]=NCC1O[C@H](O[C@@H]2C(N=[N+]=[N-])C[C@@H](N=[N+]=[N-])C(O[C@H]3OC(CO)[C@@H](O)C(N=[N+]=[N-])[C@H]3O)[C@H]2O)C(O)[C@@H](O)[C@@H]1O. The van der Waals surface area contributed by atoms with Crippen LogP contribution in [-0.4, -0.2) is 141 Å². The quantitative estimate of drug-likeness (QED) is 0.0840. The van der Waals surface area contributed by atoms with Crippen LogP contribution >= 0.6 is 0 Å². The van der Waals surface area contributed by atoms with E-state index in [1.54, 1.807) is 0 Å². The predicted octanol–water partition coefficient (Wildman–Crippen LogP) is -1.89. The smallest absolute Gasteiger partial charge is 0.186 e. The Kier molecular flexibility index (Phi) is 11.5. The molecule has 41 heavy (non-hydrogen) atoms. The van der Waals surface area contributed by atoms with Gasteiger partial charge in [0.15, 0.2) is 12.6 Å².